The summed E-state index contributed by atoms with van der Waals surface area (Å²) in [5, 5.41) is 15.1. The zero-order valence-corrected chi connectivity index (χ0v) is 12.6. The summed E-state index contributed by atoms with van der Waals surface area (Å²) in [5.41, 5.74) is 1.57. The molecule has 1 rings (SSSR count). The molecule has 0 aliphatic heterocycles. The van der Waals surface area contributed by atoms with Crippen LogP contribution in [0.25, 0.3) is 0 Å². The highest BCUT2D eigenvalue weighted by Gasteiger charge is 2.07. The van der Waals surface area contributed by atoms with E-state index in [9.17, 15) is 9.90 Å². The van der Waals surface area contributed by atoms with Gasteiger partial charge in [-0.05, 0) is 38.0 Å². The molecule has 0 bridgehead atoms. The zero-order chi connectivity index (χ0) is 15.0. The number of urea groups is 1. The van der Waals surface area contributed by atoms with E-state index in [0.29, 0.717) is 0 Å². The molecule has 0 aliphatic rings. The number of aliphatic hydroxyl groups excluding tert-OH is 1. The Hall–Kier alpha value is -1.55. The van der Waals surface area contributed by atoms with E-state index < -0.39 is 6.10 Å². The molecule has 2 amide bonds. The molecule has 0 saturated carbocycles. The summed E-state index contributed by atoms with van der Waals surface area (Å²) in [5.74, 6) is 0. The Morgan fingerprint density at radius 2 is 1.85 bits per heavy atom. The van der Waals surface area contributed by atoms with E-state index in [2.05, 4.69) is 17.6 Å². The average molecular weight is 278 g/mol. The van der Waals surface area contributed by atoms with Gasteiger partial charge < -0.3 is 15.7 Å². The fourth-order valence-corrected chi connectivity index (χ4v) is 2.01. The number of carbonyl (C=O) groups is 1. The van der Waals surface area contributed by atoms with E-state index in [0.717, 1.165) is 24.1 Å². The molecule has 4 nitrogen and oxygen atoms in total. The Kier molecular flexibility index (Phi) is 7.09. The topological polar surface area (TPSA) is 61.4 Å². The molecule has 0 radical (unpaired) electrons. The van der Waals surface area contributed by atoms with Crippen molar-refractivity contribution in [3.8, 4) is 0 Å². The molecular formula is C16H26N2O2. The molecule has 1 aromatic rings. The Morgan fingerprint density at radius 3 is 2.40 bits per heavy atom. The molecule has 0 spiro atoms. The maximum Gasteiger partial charge on any atom is 0.319 e. The number of nitrogens with one attached hydrogen (secondary N) is 2. The second-order valence-electron chi connectivity index (χ2n) is 5.29. The highest BCUT2D eigenvalue weighted by molar-refractivity contribution is 5.89. The van der Waals surface area contributed by atoms with Crippen molar-refractivity contribution in [2.45, 2.75) is 58.6 Å². The van der Waals surface area contributed by atoms with Crippen molar-refractivity contribution in [2.24, 2.45) is 0 Å². The number of aliphatic hydroxyl groups is 1. The Bertz CT molecular complexity index is 401. The summed E-state index contributed by atoms with van der Waals surface area (Å²) in [7, 11) is 0. The van der Waals surface area contributed by atoms with Crippen LogP contribution >= 0.6 is 0 Å². The smallest absolute Gasteiger partial charge is 0.319 e. The quantitative estimate of drug-likeness (QED) is 0.664. The molecule has 0 saturated heterocycles. The lowest BCUT2D eigenvalue weighted by Crippen LogP contribution is -2.36. The van der Waals surface area contributed by atoms with Gasteiger partial charge in [0.1, 0.15) is 0 Å². The van der Waals surface area contributed by atoms with Crippen LogP contribution in [0.15, 0.2) is 24.3 Å². The minimum atomic E-state index is -0.489. The van der Waals surface area contributed by atoms with Crippen molar-refractivity contribution in [3.05, 3.63) is 29.8 Å². The van der Waals surface area contributed by atoms with Gasteiger partial charge in [0.05, 0.1) is 6.10 Å². The van der Waals surface area contributed by atoms with Gasteiger partial charge in [-0.1, -0.05) is 38.3 Å². The van der Waals surface area contributed by atoms with E-state index in [1.165, 1.54) is 12.8 Å². The minimum Gasteiger partial charge on any atom is -0.389 e. The predicted molar refractivity (Wildman–Crippen MR) is 82.8 cm³/mol. The van der Waals surface area contributed by atoms with Crippen LogP contribution in [0, 0.1) is 0 Å². The number of hydrogen-bond donors (Lipinski definition) is 3. The Labute approximate surface area is 121 Å². The fraction of sp³-hybridized carbons (Fsp3) is 0.562. The second kappa shape index (κ2) is 8.59. The third-order valence-electron chi connectivity index (χ3n) is 3.27. The molecule has 20 heavy (non-hydrogen) atoms. The van der Waals surface area contributed by atoms with Gasteiger partial charge in [-0.2, -0.15) is 0 Å². The van der Waals surface area contributed by atoms with Crippen LogP contribution in [-0.4, -0.2) is 17.2 Å². The number of unbranched alkanes of at least 4 members (excludes halogenated alkanes) is 2. The van der Waals surface area contributed by atoms with Crippen molar-refractivity contribution in [1.82, 2.24) is 5.32 Å². The van der Waals surface area contributed by atoms with Crippen molar-refractivity contribution in [2.75, 3.05) is 5.32 Å². The van der Waals surface area contributed by atoms with Crippen LogP contribution in [0.2, 0.25) is 0 Å². The summed E-state index contributed by atoms with van der Waals surface area (Å²) in [6.45, 7) is 5.90. The van der Waals surface area contributed by atoms with E-state index >= 15 is 0 Å². The van der Waals surface area contributed by atoms with E-state index in [-0.39, 0.29) is 12.1 Å². The summed E-state index contributed by atoms with van der Waals surface area (Å²) >= 11 is 0. The number of anilines is 1. The SMILES string of the molecule is CCCCCC(C)NC(=O)Nc1ccc(C(C)O)cc1. The van der Waals surface area contributed by atoms with Gasteiger partial charge in [0.25, 0.3) is 0 Å². The van der Waals surface area contributed by atoms with Crippen LogP contribution in [0.3, 0.4) is 0 Å². The van der Waals surface area contributed by atoms with Gasteiger partial charge in [-0.25, -0.2) is 4.79 Å². The lowest BCUT2D eigenvalue weighted by molar-refractivity contribution is 0.199. The normalized spacial score (nSPS) is 13.6. The van der Waals surface area contributed by atoms with Crippen LogP contribution in [0.1, 0.15) is 58.1 Å². The number of benzene rings is 1. The van der Waals surface area contributed by atoms with E-state index in [4.69, 9.17) is 0 Å². The van der Waals surface area contributed by atoms with Crippen LogP contribution in [0.5, 0.6) is 0 Å². The molecule has 2 atom stereocenters. The van der Waals surface area contributed by atoms with Gasteiger partial charge in [0.2, 0.25) is 0 Å². The fourth-order valence-electron chi connectivity index (χ4n) is 2.01. The average Bonchev–Trinajstić information content (AvgIpc) is 2.39. The number of hydrogen-bond acceptors (Lipinski definition) is 2. The molecule has 0 aromatic heterocycles. The molecule has 1 aromatic carbocycles. The molecular weight excluding hydrogens is 252 g/mol. The third kappa shape index (κ3) is 6.06. The number of amides is 2. The predicted octanol–water partition coefficient (Wildman–Crippen LogP) is 3.83. The number of rotatable bonds is 7. The van der Waals surface area contributed by atoms with Crippen LogP contribution in [0.4, 0.5) is 10.5 Å². The molecule has 112 valence electrons. The zero-order valence-electron chi connectivity index (χ0n) is 12.6. The second-order valence-corrected chi connectivity index (χ2v) is 5.29. The lowest BCUT2D eigenvalue weighted by atomic mass is 10.1. The minimum absolute atomic E-state index is 0.179. The van der Waals surface area contributed by atoms with Crippen molar-refractivity contribution in [1.29, 1.82) is 0 Å². The maximum atomic E-state index is 11.8. The summed E-state index contributed by atoms with van der Waals surface area (Å²) < 4.78 is 0. The molecule has 2 unspecified atom stereocenters. The van der Waals surface area contributed by atoms with Gasteiger partial charge in [0.15, 0.2) is 0 Å². The van der Waals surface area contributed by atoms with Crippen LogP contribution < -0.4 is 10.6 Å². The Morgan fingerprint density at radius 1 is 1.20 bits per heavy atom. The first-order valence-corrected chi connectivity index (χ1v) is 7.38. The highest BCUT2D eigenvalue weighted by Crippen LogP contribution is 2.15. The Balaban J connectivity index is 2.38. The lowest BCUT2D eigenvalue weighted by Gasteiger charge is -2.14. The third-order valence-corrected chi connectivity index (χ3v) is 3.27. The molecule has 3 N–H and O–H groups in total. The van der Waals surface area contributed by atoms with Crippen molar-refractivity contribution >= 4 is 11.7 Å². The molecule has 0 fully saturated rings. The first-order valence-electron chi connectivity index (χ1n) is 7.38. The summed E-state index contributed by atoms with van der Waals surface area (Å²) in [4.78, 5) is 11.8. The molecule has 0 heterocycles. The van der Waals surface area contributed by atoms with Gasteiger partial charge in [-0.15, -0.1) is 0 Å². The van der Waals surface area contributed by atoms with Gasteiger partial charge >= 0.3 is 6.03 Å². The standard InChI is InChI=1S/C16H26N2O2/c1-4-5-6-7-12(2)17-16(20)18-15-10-8-14(9-11-15)13(3)19/h8-13,19H,4-7H2,1-3H3,(H2,17,18,20). The van der Waals surface area contributed by atoms with Gasteiger partial charge in [0, 0.05) is 11.7 Å². The monoisotopic (exact) mass is 278 g/mol. The van der Waals surface area contributed by atoms with Gasteiger partial charge in [-0.3, -0.25) is 0 Å². The molecule has 0 aliphatic carbocycles. The summed E-state index contributed by atoms with van der Waals surface area (Å²) in [6, 6.07) is 7.21. The largest absolute Gasteiger partial charge is 0.389 e. The number of carbonyl (C=O) groups excluding carboxylic acids is 1. The first-order chi connectivity index (χ1) is 9.52. The van der Waals surface area contributed by atoms with Crippen LogP contribution in [-0.2, 0) is 0 Å². The maximum absolute atomic E-state index is 11.8. The van der Waals surface area contributed by atoms with E-state index in [1.807, 2.05) is 19.1 Å². The molecule has 4 heteroatoms. The first kappa shape index (κ1) is 16.5. The summed E-state index contributed by atoms with van der Waals surface area (Å²) in [6.07, 6.45) is 4.04. The van der Waals surface area contributed by atoms with Crippen molar-refractivity contribution in [3.63, 3.8) is 0 Å². The van der Waals surface area contributed by atoms with Crippen molar-refractivity contribution < 1.29 is 9.90 Å². The van der Waals surface area contributed by atoms with E-state index in [1.54, 1.807) is 19.1 Å². The highest BCUT2D eigenvalue weighted by atomic mass is 16.3.